The molecular formula is C14H19ClN2OS. The van der Waals surface area contributed by atoms with Crippen molar-refractivity contribution >= 4 is 33.9 Å². The summed E-state index contributed by atoms with van der Waals surface area (Å²) in [6, 6.07) is 0.646. The minimum Gasteiger partial charge on any atom is -0.345 e. The van der Waals surface area contributed by atoms with E-state index in [4.69, 9.17) is 11.6 Å². The Balaban J connectivity index is 1.80. The first kappa shape index (κ1) is 13.4. The predicted molar refractivity (Wildman–Crippen MR) is 79.5 cm³/mol. The van der Waals surface area contributed by atoms with Crippen molar-refractivity contribution in [1.82, 2.24) is 4.98 Å². The number of carbonyl (C=O) groups excluding carboxylic acids is 1. The van der Waals surface area contributed by atoms with E-state index < -0.39 is 0 Å². The molecule has 2 atom stereocenters. The van der Waals surface area contributed by atoms with Crippen molar-refractivity contribution in [2.75, 3.05) is 17.3 Å². The lowest BCUT2D eigenvalue weighted by Crippen LogP contribution is -2.46. The highest BCUT2D eigenvalue weighted by Crippen LogP contribution is 2.38. The number of piperidine rings is 1. The third-order valence-electron chi connectivity index (χ3n) is 4.39. The van der Waals surface area contributed by atoms with Gasteiger partial charge in [0.1, 0.15) is 5.69 Å². The van der Waals surface area contributed by atoms with E-state index in [9.17, 15) is 4.79 Å². The van der Waals surface area contributed by atoms with Gasteiger partial charge in [-0.05, 0) is 31.6 Å². The zero-order valence-electron chi connectivity index (χ0n) is 11.0. The minimum absolute atomic E-state index is 0.0230. The van der Waals surface area contributed by atoms with Crippen LogP contribution in [-0.4, -0.2) is 29.2 Å². The molecule has 1 saturated heterocycles. The summed E-state index contributed by atoms with van der Waals surface area (Å²) in [6.45, 7) is 1.09. The first-order valence-corrected chi connectivity index (χ1v) is 8.52. The van der Waals surface area contributed by atoms with Crippen molar-refractivity contribution in [3.8, 4) is 0 Å². The first-order chi connectivity index (χ1) is 9.29. The summed E-state index contributed by atoms with van der Waals surface area (Å²) in [5.74, 6) is 0.787. The van der Waals surface area contributed by atoms with Crippen LogP contribution in [0.15, 0.2) is 5.38 Å². The van der Waals surface area contributed by atoms with Crippen LogP contribution in [0.4, 0.5) is 5.13 Å². The second kappa shape index (κ2) is 5.80. The lowest BCUT2D eigenvalue weighted by Gasteiger charge is -2.44. The lowest BCUT2D eigenvalue weighted by atomic mass is 9.78. The largest absolute Gasteiger partial charge is 0.345 e. The van der Waals surface area contributed by atoms with Crippen LogP contribution in [0.25, 0.3) is 0 Å². The second-order valence-corrected chi connectivity index (χ2v) is 6.62. The number of ketones is 1. The van der Waals surface area contributed by atoms with Crippen molar-refractivity contribution in [2.24, 2.45) is 5.92 Å². The number of hydrogen-bond donors (Lipinski definition) is 0. The fourth-order valence-corrected chi connectivity index (χ4v) is 4.51. The zero-order chi connectivity index (χ0) is 13.2. The zero-order valence-corrected chi connectivity index (χ0v) is 12.6. The minimum atomic E-state index is -0.0682. The lowest BCUT2D eigenvalue weighted by molar-refractivity contribution is 0.101. The number of hydrogen-bond acceptors (Lipinski definition) is 4. The van der Waals surface area contributed by atoms with E-state index >= 15 is 0 Å². The fourth-order valence-electron chi connectivity index (χ4n) is 3.45. The number of Topliss-reactive ketones (excluding diaryl/α,β-unsaturated/α-hetero) is 1. The van der Waals surface area contributed by atoms with E-state index in [0.29, 0.717) is 11.7 Å². The Labute approximate surface area is 123 Å². The molecule has 1 aliphatic heterocycles. The maximum Gasteiger partial charge on any atom is 0.196 e. The number of carbonyl (C=O) groups is 1. The van der Waals surface area contributed by atoms with Crippen LogP contribution in [0.3, 0.4) is 0 Å². The number of fused-ring (bicyclic) bond motifs is 1. The Morgan fingerprint density at radius 2 is 2.16 bits per heavy atom. The molecular weight excluding hydrogens is 280 g/mol. The van der Waals surface area contributed by atoms with E-state index in [0.717, 1.165) is 17.6 Å². The van der Waals surface area contributed by atoms with Crippen molar-refractivity contribution in [1.29, 1.82) is 0 Å². The molecule has 0 bridgehead atoms. The van der Waals surface area contributed by atoms with Gasteiger partial charge in [-0.25, -0.2) is 4.98 Å². The number of halogens is 1. The highest BCUT2D eigenvalue weighted by atomic mass is 35.5. The molecule has 3 rings (SSSR count). The van der Waals surface area contributed by atoms with Crippen LogP contribution in [0.2, 0.25) is 0 Å². The van der Waals surface area contributed by atoms with Gasteiger partial charge in [-0.3, -0.25) is 4.79 Å². The standard InChI is InChI=1S/C14H19ClN2OS/c15-8-13(18)11-9-19-14(16-11)17-7-3-5-10-4-1-2-6-12(10)17/h9-10,12H,1-8H2. The summed E-state index contributed by atoms with van der Waals surface area (Å²) in [5, 5.41) is 2.87. The summed E-state index contributed by atoms with van der Waals surface area (Å²) < 4.78 is 0. The molecule has 0 spiro atoms. The van der Waals surface area contributed by atoms with E-state index in [1.165, 1.54) is 38.5 Å². The molecule has 0 N–H and O–H groups in total. The smallest absolute Gasteiger partial charge is 0.196 e. The van der Waals surface area contributed by atoms with Gasteiger partial charge < -0.3 is 4.90 Å². The van der Waals surface area contributed by atoms with Gasteiger partial charge in [-0.2, -0.15) is 0 Å². The van der Waals surface area contributed by atoms with Crippen LogP contribution >= 0.6 is 22.9 Å². The molecule has 2 aliphatic rings. The van der Waals surface area contributed by atoms with E-state index in [2.05, 4.69) is 9.88 Å². The summed E-state index contributed by atoms with van der Waals surface area (Å²) in [6.07, 6.45) is 7.96. The van der Waals surface area contributed by atoms with Gasteiger partial charge in [0, 0.05) is 18.0 Å². The summed E-state index contributed by atoms with van der Waals surface area (Å²) in [4.78, 5) is 18.5. The van der Waals surface area contributed by atoms with E-state index in [-0.39, 0.29) is 11.7 Å². The molecule has 1 aromatic heterocycles. The van der Waals surface area contributed by atoms with Gasteiger partial charge in [0.2, 0.25) is 0 Å². The Hall–Kier alpha value is -0.610. The van der Waals surface area contributed by atoms with Crippen molar-refractivity contribution < 1.29 is 4.79 Å². The average molecular weight is 299 g/mol. The van der Waals surface area contributed by atoms with Gasteiger partial charge >= 0.3 is 0 Å². The molecule has 1 saturated carbocycles. The maximum atomic E-state index is 11.6. The molecule has 0 radical (unpaired) electrons. The van der Waals surface area contributed by atoms with Crippen LogP contribution < -0.4 is 4.90 Å². The third-order valence-corrected chi connectivity index (χ3v) is 5.51. The highest BCUT2D eigenvalue weighted by Gasteiger charge is 2.34. The maximum absolute atomic E-state index is 11.6. The predicted octanol–water partition coefficient (Wildman–Crippen LogP) is 3.72. The van der Waals surface area contributed by atoms with Gasteiger partial charge in [-0.15, -0.1) is 22.9 Å². The van der Waals surface area contributed by atoms with Crippen molar-refractivity contribution in [2.45, 2.75) is 44.6 Å². The SMILES string of the molecule is O=C(CCl)c1csc(N2CCCC3CCCCC32)n1. The quantitative estimate of drug-likeness (QED) is 0.630. The molecule has 0 aromatic carbocycles. The fraction of sp³-hybridized carbons (Fsp3) is 0.714. The molecule has 1 aliphatic carbocycles. The van der Waals surface area contributed by atoms with Gasteiger partial charge in [-0.1, -0.05) is 12.8 Å². The summed E-state index contributed by atoms with van der Waals surface area (Å²) in [7, 11) is 0. The number of anilines is 1. The van der Waals surface area contributed by atoms with Crippen LogP contribution in [0.1, 0.15) is 49.0 Å². The topological polar surface area (TPSA) is 33.2 Å². The van der Waals surface area contributed by atoms with Crippen LogP contribution in [0, 0.1) is 5.92 Å². The number of alkyl halides is 1. The number of thiazole rings is 1. The van der Waals surface area contributed by atoms with Crippen molar-refractivity contribution in [3.05, 3.63) is 11.1 Å². The normalized spacial score (nSPS) is 27.1. The van der Waals surface area contributed by atoms with E-state index in [1.807, 2.05) is 5.38 Å². The van der Waals surface area contributed by atoms with Crippen LogP contribution in [-0.2, 0) is 0 Å². The molecule has 2 unspecified atom stereocenters. The number of nitrogens with zero attached hydrogens (tertiary/aromatic N) is 2. The van der Waals surface area contributed by atoms with E-state index in [1.54, 1.807) is 11.3 Å². The molecule has 2 heterocycles. The number of aromatic nitrogens is 1. The monoisotopic (exact) mass is 298 g/mol. The van der Waals surface area contributed by atoms with Gasteiger partial charge in [0.15, 0.2) is 10.9 Å². The highest BCUT2D eigenvalue weighted by molar-refractivity contribution is 7.14. The number of rotatable bonds is 3. The Morgan fingerprint density at radius 3 is 3.00 bits per heavy atom. The second-order valence-electron chi connectivity index (χ2n) is 5.52. The Morgan fingerprint density at radius 1 is 1.37 bits per heavy atom. The molecule has 104 valence electrons. The summed E-state index contributed by atoms with van der Waals surface area (Å²) in [5.41, 5.74) is 0.535. The molecule has 19 heavy (non-hydrogen) atoms. The molecule has 3 nitrogen and oxygen atoms in total. The summed E-state index contributed by atoms with van der Waals surface area (Å²) >= 11 is 7.18. The van der Waals surface area contributed by atoms with Crippen LogP contribution in [0.5, 0.6) is 0 Å². The van der Waals surface area contributed by atoms with Gasteiger partial charge in [0.25, 0.3) is 0 Å². The first-order valence-electron chi connectivity index (χ1n) is 7.11. The molecule has 0 amide bonds. The van der Waals surface area contributed by atoms with Crippen molar-refractivity contribution in [3.63, 3.8) is 0 Å². The third kappa shape index (κ3) is 2.65. The molecule has 1 aromatic rings. The Bertz CT molecular complexity index is 460. The molecule has 2 fully saturated rings. The van der Waals surface area contributed by atoms with Gasteiger partial charge in [0.05, 0.1) is 5.88 Å². The molecule has 5 heteroatoms. The Kier molecular flexibility index (Phi) is 4.08. The average Bonchev–Trinajstić information content (AvgIpc) is 2.95.